The number of hydrogen-bond acceptors (Lipinski definition) is 1. The van der Waals surface area contributed by atoms with Crippen LogP contribution in [-0.4, -0.2) is 6.61 Å². The van der Waals surface area contributed by atoms with Gasteiger partial charge in [-0.2, -0.15) is 0 Å². The molecular weight excluding hydrogens is 148 g/mol. The molecule has 3 atom stereocenters. The minimum atomic E-state index is 0.801. The van der Waals surface area contributed by atoms with E-state index in [1.807, 2.05) is 6.07 Å². The van der Waals surface area contributed by atoms with Crippen LogP contribution in [0.15, 0.2) is 24.3 Å². The van der Waals surface area contributed by atoms with Crippen molar-refractivity contribution >= 4 is 0 Å². The van der Waals surface area contributed by atoms with Crippen LogP contribution in [0, 0.1) is 11.8 Å². The molecule has 1 nitrogen and oxygen atoms in total. The Morgan fingerprint density at radius 3 is 3.08 bits per heavy atom. The fraction of sp³-hybridized carbons (Fsp3) is 0.455. The number of rotatable bonds is 0. The molecule has 0 radical (unpaired) electrons. The summed E-state index contributed by atoms with van der Waals surface area (Å²) in [5.41, 5.74) is 1.43. The van der Waals surface area contributed by atoms with E-state index in [4.69, 9.17) is 4.74 Å². The van der Waals surface area contributed by atoms with Gasteiger partial charge in [-0.05, 0) is 23.5 Å². The number of ether oxygens (including phenoxy) is 1. The molecule has 1 aromatic carbocycles. The Morgan fingerprint density at radius 2 is 2.17 bits per heavy atom. The zero-order chi connectivity index (χ0) is 8.13. The monoisotopic (exact) mass is 160 g/mol. The van der Waals surface area contributed by atoms with Crippen LogP contribution in [0.4, 0.5) is 0 Å². The Morgan fingerprint density at radius 1 is 1.33 bits per heavy atom. The SMILES string of the molecule is C[C@H]1[C@H]2COc3ccccc3[C@@H]12. The van der Waals surface area contributed by atoms with Crippen molar-refractivity contribution in [2.45, 2.75) is 12.8 Å². The third-order valence-electron chi connectivity index (χ3n) is 3.27. The van der Waals surface area contributed by atoms with Gasteiger partial charge >= 0.3 is 0 Å². The highest BCUT2D eigenvalue weighted by Crippen LogP contribution is 2.58. The van der Waals surface area contributed by atoms with Crippen LogP contribution in [0.25, 0.3) is 0 Å². The Bertz CT molecular complexity index is 319. The summed E-state index contributed by atoms with van der Waals surface area (Å²) in [4.78, 5) is 0. The third-order valence-corrected chi connectivity index (χ3v) is 3.27. The van der Waals surface area contributed by atoms with E-state index in [2.05, 4.69) is 25.1 Å². The van der Waals surface area contributed by atoms with Crippen molar-refractivity contribution in [1.82, 2.24) is 0 Å². The second-order valence-corrected chi connectivity index (χ2v) is 3.90. The first-order valence-corrected chi connectivity index (χ1v) is 4.59. The summed E-state index contributed by atoms with van der Waals surface area (Å²) in [5, 5.41) is 0. The molecule has 0 aromatic heterocycles. The van der Waals surface area contributed by atoms with Gasteiger partial charge in [-0.3, -0.25) is 0 Å². The van der Waals surface area contributed by atoms with Gasteiger partial charge < -0.3 is 4.74 Å². The predicted octanol–water partition coefficient (Wildman–Crippen LogP) is 2.43. The molecule has 12 heavy (non-hydrogen) atoms. The summed E-state index contributed by atoms with van der Waals surface area (Å²) >= 11 is 0. The largest absolute Gasteiger partial charge is 0.493 e. The van der Waals surface area contributed by atoms with Crippen molar-refractivity contribution in [3.63, 3.8) is 0 Å². The summed E-state index contributed by atoms with van der Waals surface area (Å²) in [5.74, 6) is 3.56. The predicted molar refractivity (Wildman–Crippen MR) is 47.3 cm³/mol. The summed E-state index contributed by atoms with van der Waals surface area (Å²) < 4.78 is 5.65. The molecule has 0 amide bonds. The highest BCUT2D eigenvalue weighted by Gasteiger charge is 2.51. The van der Waals surface area contributed by atoms with Crippen molar-refractivity contribution in [1.29, 1.82) is 0 Å². The molecule has 1 saturated carbocycles. The van der Waals surface area contributed by atoms with Gasteiger partial charge in [0.1, 0.15) is 5.75 Å². The molecule has 0 spiro atoms. The van der Waals surface area contributed by atoms with Crippen LogP contribution >= 0.6 is 0 Å². The minimum Gasteiger partial charge on any atom is -0.493 e. The molecule has 2 aliphatic rings. The molecule has 1 aromatic rings. The first-order valence-electron chi connectivity index (χ1n) is 4.59. The van der Waals surface area contributed by atoms with E-state index in [1.165, 1.54) is 5.56 Å². The molecule has 62 valence electrons. The molecule has 3 rings (SSSR count). The molecule has 0 unspecified atom stereocenters. The van der Waals surface area contributed by atoms with Crippen LogP contribution in [0.5, 0.6) is 5.75 Å². The van der Waals surface area contributed by atoms with Crippen LogP contribution in [0.1, 0.15) is 18.4 Å². The number of benzene rings is 1. The van der Waals surface area contributed by atoms with Gasteiger partial charge in [-0.15, -0.1) is 0 Å². The molecule has 0 bridgehead atoms. The topological polar surface area (TPSA) is 9.23 Å². The first kappa shape index (κ1) is 6.53. The van der Waals surface area contributed by atoms with Crippen molar-refractivity contribution < 1.29 is 4.74 Å². The summed E-state index contributed by atoms with van der Waals surface area (Å²) in [6.07, 6.45) is 0. The van der Waals surface area contributed by atoms with Crippen LogP contribution in [0.2, 0.25) is 0 Å². The maximum atomic E-state index is 5.65. The normalized spacial score (nSPS) is 36.2. The average Bonchev–Trinajstić information content (AvgIpc) is 2.78. The fourth-order valence-corrected chi connectivity index (χ4v) is 2.39. The molecule has 1 heteroatoms. The zero-order valence-electron chi connectivity index (χ0n) is 7.16. The van der Waals surface area contributed by atoms with Gasteiger partial charge in [0.25, 0.3) is 0 Å². The first-order chi connectivity index (χ1) is 5.88. The van der Waals surface area contributed by atoms with Crippen LogP contribution < -0.4 is 4.74 Å². The second kappa shape index (κ2) is 2.03. The maximum Gasteiger partial charge on any atom is 0.122 e. The minimum absolute atomic E-state index is 0.801. The van der Waals surface area contributed by atoms with Gasteiger partial charge in [0.05, 0.1) is 6.61 Å². The molecule has 1 aliphatic carbocycles. The smallest absolute Gasteiger partial charge is 0.122 e. The molecule has 1 aliphatic heterocycles. The zero-order valence-corrected chi connectivity index (χ0v) is 7.16. The van der Waals surface area contributed by atoms with Gasteiger partial charge in [0, 0.05) is 5.92 Å². The lowest BCUT2D eigenvalue weighted by Crippen LogP contribution is -2.07. The molecule has 1 heterocycles. The number of hydrogen-bond donors (Lipinski definition) is 0. The summed E-state index contributed by atoms with van der Waals surface area (Å²) in [6.45, 7) is 3.25. The van der Waals surface area contributed by atoms with Crippen LogP contribution in [0.3, 0.4) is 0 Å². The third kappa shape index (κ3) is 0.689. The van der Waals surface area contributed by atoms with E-state index in [0.29, 0.717) is 0 Å². The van der Waals surface area contributed by atoms with E-state index in [0.717, 1.165) is 30.1 Å². The molecule has 0 N–H and O–H groups in total. The molecular formula is C11H12O. The Hall–Kier alpha value is -0.980. The van der Waals surface area contributed by atoms with E-state index >= 15 is 0 Å². The molecule has 1 fully saturated rings. The van der Waals surface area contributed by atoms with E-state index < -0.39 is 0 Å². The Labute approximate surface area is 72.4 Å². The second-order valence-electron chi connectivity index (χ2n) is 3.90. The number of fused-ring (bicyclic) bond motifs is 3. The van der Waals surface area contributed by atoms with Gasteiger partial charge in [0.2, 0.25) is 0 Å². The lowest BCUT2D eigenvalue weighted by atomic mass is 10.1. The Balaban J connectivity index is 2.10. The Kier molecular flexibility index (Phi) is 1.11. The lowest BCUT2D eigenvalue weighted by molar-refractivity contribution is 0.276. The fourth-order valence-electron chi connectivity index (χ4n) is 2.39. The van der Waals surface area contributed by atoms with Crippen molar-refractivity contribution in [2.75, 3.05) is 6.61 Å². The van der Waals surface area contributed by atoms with Crippen molar-refractivity contribution in [3.8, 4) is 5.75 Å². The number of para-hydroxylation sites is 1. The van der Waals surface area contributed by atoms with E-state index in [-0.39, 0.29) is 0 Å². The van der Waals surface area contributed by atoms with Crippen molar-refractivity contribution in [3.05, 3.63) is 29.8 Å². The quantitative estimate of drug-likeness (QED) is 0.566. The maximum absolute atomic E-state index is 5.65. The van der Waals surface area contributed by atoms with Gasteiger partial charge in [-0.1, -0.05) is 25.1 Å². The lowest BCUT2D eigenvalue weighted by Gasteiger charge is -2.15. The standard InChI is InChI=1S/C11H12O/c1-7-9-6-12-10-5-3-2-4-8(10)11(7)9/h2-5,7,9,11H,6H2,1H3/t7-,9+,11+/m0/s1. The van der Waals surface area contributed by atoms with Crippen molar-refractivity contribution in [2.24, 2.45) is 11.8 Å². The van der Waals surface area contributed by atoms with Gasteiger partial charge in [0.15, 0.2) is 0 Å². The summed E-state index contributed by atoms with van der Waals surface area (Å²) in [7, 11) is 0. The highest BCUT2D eigenvalue weighted by atomic mass is 16.5. The molecule has 0 saturated heterocycles. The van der Waals surface area contributed by atoms with E-state index in [1.54, 1.807) is 0 Å². The van der Waals surface area contributed by atoms with Crippen LogP contribution in [-0.2, 0) is 0 Å². The average molecular weight is 160 g/mol. The van der Waals surface area contributed by atoms with E-state index in [9.17, 15) is 0 Å². The van der Waals surface area contributed by atoms with Gasteiger partial charge in [-0.25, -0.2) is 0 Å². The summed E-state index contributed by atoms with van der Waals surface area (Å²) in [6, 6.07) is 8.44. The highest BCUT2D eigenvalue weighted by molar-refractivity contribution is 5.42.